The number of rotatable bonds is 1. The molecule has 0 bridgehead atoms. The van der Waals surface area contributed by atoms with Crippen LogP contribution in [0.15, 0.2) is 18.2 Å². The number of carbonyl (C=O) groups excluding carboxylic acids is 1. The van der Waals surface area contributed by atoms with E-state index in [0.717, 1.165) is 38.9 Å². The van der Waals surface area contributed by atoms with Crippen LogP contribution in [0.1, 0.15) is 58.1 Å². The average molecular weight is 373 g/mol. The number of anilines is 1. The Morgan fingerprint density at radius 3 is 2.41 bits per heavy atom. The van der Waals surface area contributed by atoms with Crippen LogP contribution in [0.4, 0.5) is 10.5 Å². The first-order chi connectivity index (χ1) is 12.7. The molecule has 1 amide bonds. The monoisotopic (exact) mass is 372 g/mol. The Labute approximate surface area is 162 Å². The molecule has 5 nitrogen and oxygen atoms in total. The third kappa shape index (κ3) is 3.54. The van der Waals surface area contributed by atoms with Gasteiger partial charge in [-0.2, -0.15) is 0 Å². The van der Waals surface area contributed by atoms with E-state index >= 15 is 0 Å². The number of piperidine rings is 1. The van der Waals surface area contributed by atoms with Gasteiger partial charge in [0.25, 0.3) is 0 Å². The van der Waals surface area contributed by atoms with E-state index in [4.69, 9.17) is 9.47 Å². The highest BCUT2D eigenvalue weighted by Crippen LogP contribution is 2.49. The fourth-order valence-corrected chi connectivity index (χ4v) is 4.65. The number of fused-ring (bicyclic) bond motifs is 2. The second kappa shape index (κ2) is 6.40. The highest BCUT2D eigenvalue weighted by Gasteiger charge is 2.48. The molecule has 27 heavy (non-hydrogen) atoms. The molecule has 2 fully saturated rings. The number of epoxide rings is 1. The molecule has 2 saturated heterocycles. The lowest BCUT2D eigenvalue weighted by Crippen LogP contribution is -2.50. The maximum Gasteiger partial charge on any atom is 0.410 e. The second-order valence-corrected chi connectivity index (χ2v) is 9.44. The predicted molar refractivity (Wildman–Crippen MR) is 106 cm³/mol. The number of hydrogen-bond acceptors (Lipinski definition) is 4. The summed E-state index contributed by atoms with van der Waals surface area (Å²) < 4.78 is 11.3. The zero-order valence-electron chi connectivity index (χ0n) is 17.2. The molecule has 5 heteroatoms. The quantitative estimate of drug-likeness (QED) is 0.693. The molecule has 0 aliphatic carbocycles. The first-order valence-electron chi connectivity index (χ1n) is 10.2. The van der Waals surface area contributed by atoms with E-state index in [1.807, 2.05) is 25.7 Å². The van der Waals surface area contributed by atoms with Gasteiger partial charge in [-0.05, 0) is 71.1 Å². The Hall–Kier alpha value is -1.75. The van der Waals surface area contributed by atoms with E-state index in [2.05, 4.69) is 36.9 Å². The molecule has 0 radical (unpaired) electrons. The number of ether oxygens (including phenoxy) is 2. The standard InChI is InChI=1S/C22H32N2O3/c1-15-6-7-17-18(14-15)24(19-16(2)26-19)13-10-22(17)8-11-23(12-9-22)20(25)27-21(3,4)5/h6-7,14,16,19H,8-13H2,1-5H3. The van der Waals surface area contributed by atoms with Crippen LogP contribution in [-0.4, -0.2) is 48.6 Å². The lowest BCUT2D eigenvalue weighted by atomic mass is 9.67. The molecule has 3 heterocycles. The van der Waals surface area contributed by atoms with Crippen molar-refractivity contribution in [2.45, 2.75) is 77.2 Å². The molecular weight excluding hydrogens is 340 g/mol. The van der Waals surface area contributed by atoms with Gasteiger partial charge in [-0.1, -0.05) is 12.1 Å². The smallest absolute Gasteiger partial charge is 0.410 e. The topological polar surface area (TPSA) is 45.3 Å². The third-order valence-electron chi connectivity index (χ3n) is 6.22. The first kappa shape index (κ1) is 18.6. The van der Waals surface area contributed by atoms with E-state index in [1.54, 1.807) is 0 Å². The zero-order valence-corrected chi connectivity index (χ0v) is 17.2. The lowest BCUT2D eigenvalue weighted by molar-refractivity contribution is 0.0157. The molecule has 1 aromatic rings. The summed E-state index contributed by atoms with van der Waals surface area (Å²) in [5.41, 5.74) is 3.78. The van der Waals surface area contributed by atoms with Crippen molar-refractivity contribution in [2.24, 2.45) is 0 Å². The maximum atomic E-state index is 12.4. The Bertz CT molecular complexity index is 732. The SMILES string of the molecule is Cc1ccc2c(c1)N(C1OC1C)CCC21CCN(C(=O)OC(C)(C)C)CC1. The molecule has 3 aliphatic heterocycles. The van der Waals surface area contributed by atoms with Gasteiger partial charge in [-0.25, -0.2) is 4.79 Å². The van der Waals surface area contributed by atoms with E-state index in [9.17, 15) is 4.79 Å². The summed E-state index contributed by atoms with van der Waals surface area (Å²) in [5.74, 6) is 0. The minimum atomic E-state index is -0.442. The molecule has 2 atom stereocenters. The molecule has 2 unspecified atom stereocenters. The van der Waals surface area contributed by atoms with Crippen LogP contribution in [0.3, 0.4) is 0 Å². The van der Waals surface area contributed by atoms with Crippen molar-refractivity contribution in [3.05, 3.63) is 29.3 Å². The van der Waals surface area contributed by atoms with Gasteiger partial charge < -0.3 is 19.3 Å². The maximum absolute atomic E-state index is 12.4. The average Bonchev–Trinajstić information content (AvgIpc) is 3.30. The number of benzene rings is 1. The number of amides is 1. The first-order valence-corrected chi connectivity index (χ1v) is 10.2. The minimum Gasteiger partial charge on any atom is -0.444 e. The number of aryl methyl sites for hydroxylation is 1. The summed E-state index contributed by atoms with van der Waals surface area (Å²) in [4.78, 5) is 16.8. The number of carbonyl (C=O) groups is 1. The number of nitrogens with zero attached hydrogens (tertiary/aromatic N) is 2. The van der Waals surface area contributed by atoms with Crippen molar-refractivity contribution in [1.82, 2.24) is 4.90 Å². The van der Waals surface area contributed by atoms with Crippen molar-refractivity contribution in [3.63, 3.8) is 0 Å². The van der Waals surface area contributed by atoms with E-state index in [-0.39, 0.29) is 17.7 Å². The fourth-order valence-electron chi connectivity index (χ4n) is 4.65. The molecule has 4 rings (SSSR count). The fraction of sp³-hybridized carbons (Fsp3) is 0.682. The summed E-state index contributed by atoms with van der Waals surface area (Å²) in [6.07, 6.45) is 3.48. The van der Waals surface area contributed by atoms with E-state index in [1.165, 1.54) is 16.8 Å². The summed E-state index contributed by atoms with van der Waals surface area (Å²) in [7, 11) is 0. The van der Waals surface area contributed by atoms with Crippen LogP contribution in [0, 0.1) is 6.92 Å². The van der Waals surface area contributed by atoms with Crippen molar-refractivity contribution in [3.8, 4) is 0 Å². The van der Waals surface area contributed by atoms with Crippen molar-refractivity contribution < 1.29 is 14.3 Å². The van der Waals surface area contributed by atoms with Gasteiger partial charge in [-0.15, -0.1) is 0 Å². The number of hydrogen-bond donors (Lipinski definition) is 0. The molecular formula is C22H32N2O3. The van der Waals surface area contributed by atoms with Crippen LogP contribution in [0.2, 0.25) is 0 Å². The van der Waals surface area contributed by atoms with Gasteiger partial charge in [0, 0.05) is 30.7 Å². The van der Waals surface area contributed by atoms with E-state index in [0.29, 0.717) is 6.10 Å². The second-order valence-electron chi connectivity index (χ2n) is 9.44. The van der Waals surface area contributed by atoms with Gasteiger partial charge in [0.2, 0.25) is 0 Å². The zero-order chi connectivity index (χ0) is 19.4. The highest BCUT2D eigenvalue weighted by molar-refractivity contribution is 5.69. The van der Waals surface area contributed by atoms with Gasteiger partial charge in [0.05, 0.1) is 0 Å². The van der Waals surface area contributed by atoms with Crippen molar-refractivity contribution >= 4 is 11.8 Å². The van der Waals surface area contributed by atoms with Gasteiger partial charge >= 0.3 is 6.09 Å². The van der Waals surface area contributed by atoms with Gasteiger partial charge in [0.15, 0.2) is 6.23 Å². The lowest BCUT2D eigenvalue weighted by Gasteiger charge is -2.48. The Kier molecular flexibility index (Phi) is 4.41. The van der Waals surface area contributed by atoms with Crippen molar-refractivity contribution in [1.29, 1.82) is 0 Å². The Morgan fingerprint density at radius 2 is 1.81 bits per heavy atom. The molecule has 3 aliphatic rings. The molecule has 0 aromatic heterocycles. The molecule has 0 saturated carbocycles. The largest absolute Gasteiger partial charge is 0.444 e. The Balaban J connectivity index is 1.54. The summed E-state index contributed by atoms with van der Waals surface area (Å²) in [6, 6.07) is 6.85. The van der Waals surface area contributed by atoms with Crippen LogP contribution in [-0.2, 0) is 14.9 Å². The molecule has 1 aromatic carbocycles. The summed E-state index contributed by atoms with van der Waals surface area (Å²) >= 11 is 0. The Morgan fingerprint density at radius 1 is 1.19 bits per heavy atom. The van der Waals surface area contributed by atoms with Crippen LogP contribution >= 0.6 is 0 Å². The van der Waals surface area contributed by atoms with Gasteiger partial charge in [-0.3, -0.25) is 0 Å². The van der Waals surface area contributed by atoms with Crippen LogP contribution < -0.4 is 4.90 Å². The molecule has 148 valence electrons. The third-order valence-corrected chi connectivity index (χ3v) is 6.22. The molecule has 1 spiro atoms. The minimum absolute atomic E-state index is 0.163. The number of likely N-dealkylation sites (tertiary alicyclic amines) is 1. The van der Waals surface area contributed by atoms with Gasteiger partial charge in [0.1, 0.15) is 11.7 Å². The van der Waals surface area contributed by atoms with Crippen LogP contribution in [0.5, 0.6) is 0 Å². The normalized spacial score (nSPS) is 26.7. The predicted octanol–water partition coefficient (Wildman–Crippen LogP) is 4.22. The molecule has 0 N–H and O–H groups in total. The van der Waals surface area contributed by atoms with E-state index < -0.39 is 5.60 Å². The highest BCUT2D eigenvalue weighted by atomic mass is 16.6. The van der Waals surface area contributed by atoms with Crippen LogP contribution in [0.25, 0.3) is 0 Å². The summed E-state index contributed by atoms with van der Waals surface area (Å²) in [6.45, 7) is 12.6. The summed E-state index contributed by atoms with van der Waals surface area (Å²) in [5, 5.41) is 0. The van der Waals surface area contributed by atoms with Crippen molar-refractivity contribution in [2.75, 3.05) is 24.5 Å².